The van der Waals surface area contributed by atoms with E-state index >= 15 is 0 Å². The van der Waals surface area contributed by atoms with Crippen LogP contribution in [0, 0.1) is 5.92 Å². The third kappa shape index (κ3) is 2.64. The van der Waals surface area contributed by atoms with Crippen molar-refractivity contribution in [3.63, 3.8) is 0 Å². The van der Waals surface area contributed by atoms with Crippen molar-refractivity contribution in [3.8, 4) is 17.2 Å². The van der Waals surface area contributed by atoms with Gasteiger partial charge in [0, 0.05) is 11.3 Å². The zero-order valence-electron chi connectivity index (χ0n) is 14.1. The second kappa shape index (κ2) is 6.39. The van der Waals surface area contributed by atoms with Gasteiger partial charge in [-0.15, -0.1) is 0 Å². The lowest BCUT2D eigenvalue weighted by atomic mass is 10.1. The standard InChI is InChI=1S/C18H19NO5/c1-10(2)13(20)9-24-14-6-5-11-15(17(14)22-4)19-18-12(7-8-23-18)16(11)21-3/h5-8,10H,9H2,1-4H3. The molecule has 3 aromatic rings. The molecule has 3 rings (SSSR count). The number of hydrogen-bond donors (Lipinski definition) is 0. The van der Waals surface area contributed by atoms with Gasteiger partial charge in [-0.1, -0.05) is 13.8 Å². The van der Waals surface area contributed by atoms with E-state index in [0.717, 1.165) is 10.8 Å². The molecule has 6 nitrogen and oxygen atoms in total. The molecular weight excluding hydrogens is 310 g/mol. The minimum atomic E-state index is -0.0857. The third-order valence-electron chi connectivity index (χ3n) is 3.86. The van der Waals surface area contributed by atoms with E-state index in [9.17, 15) is 4.79 Å². The van der Waals surface area contributed by atoms with Gasteiger partial charge in [0.05, 0.1) is 25.9 Å². The summed E-state index contributed by atoms with van der Waals surface area (Å²) in [5, 5.41) is 1.57. The smallest absolute Gasteiger partial charge is 0.230 e. The Morgan fingerprint density at radius 3 is 2.54 bits per heavy atom. The molecular formula is C18H19NO5. The molecule has 0 aliphatic carbocycles. The van der Waals surface area contributed by atoms with Crippen molar-refractivity contribution in [1.82, 2.24) is 4.98 Å². The molecule has 0 unspecified atom stereocenters. The average molecular weight is 329 g/mol. The Bertz CT molecular complexity index is 897. The van der Waals surface area contributed by atoms with Crippen molar-refractivity contribution in [2.45, 2.75) is 13.8 Å². The predicted molar refractivity (Wildman–Crippen MR) is 90.0 cm³/mol. The van der Waals surface area contributed by atoms with Crippen LogP contribution in [0.2, 0.25) is 0 Å². The predicted octanol–water partition coefficient (Wildman–Crippen LogP) is 3.60. The molecule has 0 aliphatic heterocycles. The van der Waals surface area contributed by atoms with Crippen molar-refractivity contribution in [1.29, 1.82) is 0 Å². The van der Waals surface area contributed by atoms with Gasteiger partial charge in [0.25, 0.3) is 0 Å². The first-order valence-electron chi connectivity index (χ1n) is 7.64. The molecule has 0 spiro atoms. The second-order valence-electron chi connectivity index (χ2n) is 5.69. The maximum atomic E-state index is 11.8. The highest BCUT2D eigenvalue weighted by molar-refractivity contribution is 6.02. The van der Waals surface area contributed by atoms with E-state index in [1.807, 2.05) is 19.9 Å². The molecule has 126 valence electrons. The highest BCUT2D eigenvalue weighted by Crippen LogP contribution is 2.41. The van der Waals surface area contributed by atoms with Crippen LogP contribution in [0.4, 0.5) is 0 Å². The van der Waals surface area contributed by atoms with Crippen molar-refractivity contribution in [2.24, 2.45) is 5.92 Å². The molecule has 0 fully saturated rings. The van der Waals surface area contributed by atoms with Gasteiger partial charge in [-0.05, 0) is 18.2 Å². The van der Waals surface area contributed by atoms with Crippen LogP contribution in [0.25, 0.3) is 22.0 Å². The Morgan fingerprint density at radius 1 is 1.12 bits per heavy atom. The molecule has 0 bridgehead atoms. The summed E-state index contributed by atoms with van der Waals surface area (Å²) in [5.41, 5.74) is 1.01. The van der Waals surface area contributed by atoms with Gasteiger partial charge in [-0.2, -0.15) is 0 Å². The Kier molecular flexibility index (Phi) is 4.29. The molecule has 6 heteroatoms. The van der Waals surface area contributed by atoms with Gasteiger partial charge >= 0.3 is 0 Å². The van der Waals surface area contributed by atoms with Gasteiger partial charge in [0.1, 0.15) is 17.9 Å². The van der Waals surface area contributed by atoms with Crippen molar-refractivity contribution >= 4 is 27.8 Å². The van der Waals surface area contributed by atoms with Crippen LogP contribution >= 0.6 is 0 Å². The minimum absolute atomic E-state index is 0.0142. The zero-order valence-corrected chi connectivity index (χ0v) is 14.1. The fraction of sp³-hybridized carbons (Fsp3) is 0.333. The number of pyridine rings is 1. The fourth-order valence-electron chi connectivity index (χ4n) is 2.50. The summed E-state index contributed by atoms with van der Waals surface area (Å²) >= 11 is 0. The lowest BCUT2D eigenvalue weighted by molar-refractivity contribution is -0.123. The summed E-state index contributed by atoms with van der Waals surface area (Å²) in [6.45, 7) is 3.66. The quantitative estimate of drug-likeness (QED) is 0.688. The number of methoxy groups -OCH3 is 2. The normalized spacial score (nSPS) is 11.2. The molecule has 2 aromatic heterocycles. The van der Waals surface area contributed by atoms with E-state index in [0.29, 0.717) is 28.5 Å². The largest absolute Gasteiger partial charge is 0.495 e. The van der Waals surface area contributed by atoms with Crippen LogP contribution in [0.1, 0.15) is 13.8 Å². The molecule has 0 amide bonds. The average Bonchev–Trinajstić information content (AvgIpc) is 3.04. The van der Waals surface area contributed by atoms with Crippen LogP contribution in [0.15, 0.2) is 28.9 Å². The SMILES string of the molecule is COc1c2ccoc2nc2c(OC)c(OCC(=O)C(C)C)ccc12. The summed E-state index contributed by atoms with van der Waals surface area (Å²) in [5.74, 6) is 1.49. The first-order chi connectivity index (χ1) is 11.6. The van der Waals surface area contributed by atoms with Crippen LogP contribution in [0.5, 0.6) is 17.2 Å². The fourth-order valence-corrected chi connectivity index (χ4v) is 2.50. The molecule has 0 aliphatic rings. The van der Waals surface area contributed by atoms with Crippen LogP contribution in [0.3, 0.4) is 0 Å². The molecule has 0 saturated heterocycles. The topological polar surface area (TPSA) is 70.8 Å². The van der Waals surface area contributed by atoms with Crippen LogP contribution in [-0.2, 0) is 4.79 Å². The summed E-state index contributed by atoms with van der Waals surface area (Å²) in [6.07, 6.45) is 1.56. The van der Waals surface area contributed by atoms with E-state index in [4.69, 9.17) is 18.6 Å². The number of ketones is 1. The summed E-state index contributed by atoms with van der Waals surface area (Å²) < 4.78 is 22.0. The molecule has 1 aromatic carbocycles. The number of carbonyl (C=O) groups is 1. The van der Waals surface area contributed by atoms with E-state index in [1.165, 1.54) is 7.11 Å². The summed E-state index contributed by atoms with van der Waals surface area (Å²) in [4.78, 5) is 16.3. The van der Waals surface area contributed by atoms with Crippen LogP contribution in [-0.4, -0.2) is 31.6 Å². The minimum Gasteiger partial charge on any atom is -0.495 e. The van der Waals surface area contributed by atoms with Gasteiger partial charge < -0.3 is 18.6 Å². The Labute approximate surface area is 139 Å². The summed E-state index contributed by atoms with van der Waals surface area (Å²) in [6, 6.07) is 5.40. The first kappa shape index (κ1) is 16.1. The van der Waals surface area contributed by atoms with Gasteiger partial charge in [-0.3, -0.25) is 4.79 Å². The molecule has 0 radical (unpaired) electrons. The number of ether oxygens (including phenoxy) is 3. The number of aromatic nitrogens is 1. The van der Waals surface area contributed by atoms with Gasteiger partial charge in [-0.25, -0.2) is 4.98 Å². The first-order valence-corrected chi connectivity index (χ1v) is 7.64. The Morgan fingerprint density at radius 2 is 1.88 bits per heavy atom. The number of nitrogens with zero attached hydrogens (tertiary/aromatic N) is 1. The molecule has 0 atom stereocenters. The Balaban J connectivity index is 2.12. The number of fused-ring (bicyclic) bond motifs is 2. The van der Waals surface area contributed by atoms with Gasteiger partial charge in [0.2, 0.25) is 5.71 Å². The van der Waals surface area contributed by atoms with E-state index < -0.39 is 0 Å². The van der Waals surface area contributed by atoms with E-state index in [1.54, 1.807) is 25.5 Å². The molecule has 24 heavy (non-hydrogen) atoms. The van der Waals surface area contributed by atoms with E-state index in [-0.39, 0.29) is 18.3 Å². The Hall–Kier alpha value is -2.76. The zero-order chi connectivity index (χ0) is 17.3. The van der Waals surface area contributed by atoms with Crippen LogP contribution < -0.4 is 14.2 Å². The third-order valence-corrected chi connectivity index (χ3v) is 3.86. The van der Waals surface area contributed by atoms with Gasteiger partial charge in [0.15, 0.2) is 17.3 Å². The maximum Gasteiger partial charge on any atom is 0.230 e. The number of rotatable bonds is 6. The second-order valence-corrected chi connectivity index (χ2v) is 5.69. The number of benzene rings is 1. The lowest BCUT2D eigenvalue weighted by Crippen LogP contribution is -2.17. The number of hydrogen-bond acceptors (Lipinski definition) is 6. The molecule has 0 N–H and O–H groups in total. The monoisotopic (exact) mass is 329 g/mol. The van der Waals surface area contributed by atoms with Crippen molar-refractivity contribution in [3.05, 3.63) is 24.5 Å². The van der Waals surface area contributed by atoms with Crippen molar-refractivity contribution < 1.29 is 23.4 Å². The lowest BCUT2D eigenvalue weighted by Gasteiger charge is -2.14. The highest BCUT2D eigenvalue weighted by Gasteiger charge is 2.19. The number of furan rings is 1. The van der Waals surface area contributed by atoms with Crippen molar-refractivity contribution in [2.75, 3.05) is 20.8 Å². The molecule has 2 heterocycles. The van der Waals surface area contributed by atoms with E-state index in [2.05, 4.69) is 4.98 Å². The number of carbonyl (C=O) groups excluding carboxylic acids is 1. The maximum absolute atomic E-state index is 11.8. The molecule has 0 saturated carbocycles. The number of Topliss-reactive ketones (excluding diaryl/α,β-unsaturated/α-hetero) is 1. The highest BCUT2D eigenvalue weighted by atomic mass is 16.5. The summed E-state index contributed by atoms with van der Waals surface area (Å²) in [7, 11) is 3.13.